The van der Waals surface area contributed by atoms with E-state index in [-0.39, 0.29) is 6.04 Å². The van der Waals surface area contributed by atoms with Gasteiger partial charge in [-0.25, -0.2) is 4.68 Å². The maximum atomic E-state index is 5.25. The van der Waals surface area contributed by atoms with Crippen molar-refractivity contribution in [1.82, 2.24) is 25.5 Å². The predicted octanol–water partition coefficient (Wildman–Crippen LogP) is 2.77. The molecule has 0 amide bonds. The molecule has 0 aliphatic rings. The number of hydrazone groups is 1. The monoisotopic (exact) mass is 394 g/mol. The van der Waals surface area contributed by atoms with Gasteiger partial charge in [0.2, 0.25) is 0 Å². The van der Waals surface area contributed by atoms with Crippen molar-refractivity contribution < 1.29 is 4.74 Å². The van der Waals surface area contributed by atoms with Crippen LogP contribution in [0.4, 0.5) is 0 Å². The van der Waals surface area contributed by atoms with Gasteiger partial charge >= 0.3 is 0 Å². The number of rotatable bonds is 7. The Kier molecular flexibility index (Phi) is 6.83. The first-order valence-electron chi connectivity index (χ1n) is 8.81. The van der Waals surface area contributed by atoms with Crippen molar-refractivity contribution in [1.29, 1.82) is 0 Å². The van der Waals surface area contributed by atoms with E-state index in [1.165, 1.54) is 0 Å². The van der Waals surface area contributed by atoms with Crippen molar-refractivity contribution in [2.24, 2.45) is 5.10 Å². The number of hydrogen-bond donors (Lipinski definition) is 2. The van der Waals surface area contributed by atoms with Gasteiger partial charge in [-0.1, -0.05) is 18.2 Å². The highest BCUT2D eigenvalue weighted by Gasteiger charge is 2.11. The first-order chi connectivity index (χ1) is 13.7. The highest BCUT2D eigenvalue weighted by atomic mass is 32.1. The van der Waals surface area contributed by atoms with Gasteiger partial charge in [0.15, 0.2) is 5.11 Å². The van der Waals surface area contributed by atoms with Gasteiger partial charge in [0.1, 0.15) is 5.69 Å². The molecule has 0 aliphatic heterocycles. The minimum Gasteiger partial charge on any atom is -0.383 e. The number of nitrogens with one attached hydrogen (secondary N) is 2. The van der Waals surface area contributed by atoms with Crippen LogP contribution in [0, 0.1) is 0 Å². The molecule has 0 saturated heterocycles. The summed E-state index contributed by atoms with van der Waals surface area (Å²) < 4.78 is 6.90. The third-order valence-electron chi connectivity index (χ3n) is 3.86. The Balaban J connectivity index is 1.81. The van der Waals surface area contributed by atoms with Gasteiger partial charge in [0, 0.05) is 42.9 Å². The van der Waals surface area contributed by atoms with Crippen LogP contribution >= 0.6 is 12.2 Å². The van der Waals surface area contributed by atoms with E-state index >= 15 is 0 Å². The minimum atomic E-state index is 0.0898. The fraction of sp³-hybridized carbons (Fsp3) is 0.200. The van der Waals surface area contributed by atoms with Crippen molar-refractivity contribution in [2.75, 3.05) is 13.7 Å². The summed E-state index contributed by atoms with van der Waals surface area (Å²) >= 11 is 5.25. The fourth-order valence-corrected chi connectivity index (χ4v) is 2.88. The molecule has 0 bridgehead atoms. The van der Waals surface area contributed by atoms with Crippen molar-refractivity contribution in [2.45, 2.75) is 13.0 Å². The molecule has 0 fully saturated rings. The van der Waals surface area contributed by atoms with Gasteiger partial charge in [0.25, 0.3) is 0 Å². The second-order valence-corrected chi connectivity index (χ2v) is 6.56. The summed E-state index contributed by atoms with van der Waals surface area (Å²) in [5, 5.41) is 12.5. The van der Waals surface area contributed by atoms with Crippen LogP contribution in [0.15, 0.2) is 66.2 Å². The lowest BCUT2D eigenvalue weighted by atomic mass is 10.1. The van der Waals surface area contributed by atoms with E-state index in [0.29, 0.717) is 11.7 Å². The summed E-state index contributed by atoms with van der Waals surface area (Å²) in [5.74, 6) is 0. The smallest absolute Gasteiger partial charge is 0.187 e. The number of methoxy groups -OCH3 is 1. The lowest BCUT2D eigenvalue weighted by Gasteiger charge is -2.13. The van der Waals surface area contributed by atoms with E-state index in [4.69, 9.17) is 22.1 Å². The van der Waals surface area contributed by atoms with E-state index in [9.17, 15) is 0 Å². The Hall–Kier alpha value is -3.10. The zero-order chi connectivity index (χ0) is 19.8. The third kappa shape index (κ3) is 5.21. The Morgan fingerprint density at radius 1 is 1.29 bits per heavy atom. The lowest BCUT2D eigenvalue weighted by molar-refractivity contribution is 0.179. The number of hydrogen-bond acceptors (Lipinski definition) is 5. The first kappa shape index (κ1) is 19.7. The molecule has 28 heavy (non-hydrogen) atoms. The molecule has 0 radical (unpaired) electrons. The topological polar surface area (TPSA) is 76.4 Å². The molecule has 0 unspecified atom stereocenters. The standard InChI is InChI=1S/C20H22N6OS/c1-15(14-27-2)23-20(28)24-22-12-17-13-26(18-8-4-3-5-9-18)25-19(17)16-7-6-10-21-11-16/h3-13,15H,14H2,1-2H3,(H2,23,24,28)/b22-12-/t15-/m0/s1. The van der Waals surface area contributed by atoms with Crippen LogP contribution in [-0.4, -0.2) is 45.9 Å². The van der Waals surface area contributed by atoms with E-state index in [2.05, 4.69) is 20.8 Å². The molecule has 8 heteroatoms. The summed E-state index contributed by atoms with van der Waals surface area (Å²) in [5.41, 5.74) is 6.33. The average Bonchev–Trinajstić information content (AvgIpc) is 3.14. The Morgan fingerprint density at radius 3 is 2.82 bits per heavy atom. The molecule has 1 atom stereocenters. The fourth-order valence-electron chi connectivity index (χ4n) is 2.63. The summed E-state index contributed by atoms with van der Waals surface area (Å²) in [6.07, 6.45) is 7.13. The van der Waals surface area contributed by atoms with Crippen LogP contribution in [0.25, 0.3) is 16.9 Å². The molecule has 144 valence electrons. The number of para-hydroxylation sites is 1. The second kappa shape index (κ2) is 9.72. The summed E-state index contributed by atoms with van der Waals surface area (Å²) in [7, 11) is 1.65. The summed E-state index contributed by atoms with van der Waals surface area (Å²) in [4.78, 5) is 4.19. The van der Waals surface area contributed by atoms with E-state index < -0.39 is 0 Å². The molecule has 2 aromatic heterocycles. The Morgan fingerprint density at radius 2 is 2.11 bits per heavy atom. The third-order valence-corrected chi connectivity index (χ3v) is 4.07. The Labute approximate surface area is 169 Å². The zero-order valence-corrected chi connectivity index (χ0v) is 16.6. The van der Waals surface area contributed by atoms with Crippen LogP contribution in [0.3, 0.4) is 0 Å². The number of benzene rings is 1. The summed E-state index contributed by atoms with van der Waals surface area (Å²) in [6, 6.07) is 13.8. The van der Waals surface area contributed by atoms with Crippen LogP contribution in [0.2, 0.25) is 0 Å². The Bertz CT molecular complexity index is 926. The highest BCUT2D eigenvalue weighted by Crippen LogP contribution is 2.21. The molecule has 0 aliphatic carbocycles. The van der Waals surface area contributed by atoms with Gasteiger partial charge in [-0.2, -0.15) is 10.2 Å². The van der Waals surface area contributed by atoms with Crippen molar-refractivity contribution in [3.63, 3.8) is 0 Å². The van der Waals surface area contributed by atoms with Crippen molar-refractivity contribution >= 4 is 23.5 Å². The lowest BCUT2D eigenvalue weighted by Crippen LogP contribution is -2.40. The minimum absolute atomic E-state index is 0.0898. The van der Waals surface area contributed by atoms with Crippen LogP contribution < -0.4 is 10.7 Å². The summed E-state index contributed by atoms with van der Waals surface area (Å²) in [6.45, 7) is 2.53. The average molecular weight is 395 g/mol. The number of pyridine rings is 1. The van der Waals surface area contributed by atoms with Gasteiger partial charge in [-0.05, 0) is 43.4 Å². The van der Waals surface area contributed by atoms with Gasteiger partial charge in [-0.3, -0.25) is 10.4 Å². The number of aromatic nitrogens is 3. The van der Waals surface area contributed by atoms with Crippen molar-refractivity contribution in [3.8, 4) is 16.9 Å². The largest absolute Gasteiger partial charge is 0.383 e. The highest BCUT2D eigenvalue weighted by molar-refractivity contribution is 7.80. The maximum absolute atomic E-state index is 5.25. The first-order valence-corrected chi connectivity index (χ1v) is 9.22. The van der Waals surface area contributed by atoms with Gasteiger partial charge in [-0.15, -0.1) is 0 Å². The molecule has 0 saturated carbocycles. The molecule has 2 heterocycles. The van der Waals surface area contributed by atoms with Gasteiger partial charge in [0.05, 0.1) is 18.5 Å². The van der Waals surface area contributed by atoms with E-state index in [0.717, 1.165) is 22.5 Å². The second-order valence-electron chi connectivity index (χ2n) is 6.15. The number of nitrogens with zero attached hydrogens (tertiary/aromatic N) is 4. The molecule has 1 aromatic carbocycles. The van der Waals surface area contributed by atoms with Crippen LogP contribution in [0.1, 0.15) is 12.5 Å². The SMILES string of the molecule is COC[C@H](C)NC(=S)N/N=C\c1cn(-c2ccccc2)nc1-c1cccnc1. The van der Waals surface area contributed by atoms with Crippen molar-refractivity contribution in [3.05, 3.63) is 66.6 Å². The quantitative estimate of drug-likeness (QED) is 0.365. The predicted molar refractivity (Wildman–Crippen MR) is 115 cm³/mol. The molecule has 0 spiro atoms. The van der Waals surface area contributed by atoms with E-state index in [1.54, 1.807) is 25.7 Å². The maximum Gasteiger partial charge on any atom is 0.187 e. The molecule has 3 aromatic rings. The molecule has 7 nitrogen and oxygen atoms in total. The number of ether oxygens (including phenoxy) is 1. The van der Waals surface area contributed by atoms with Gasteiger partial charge < -0.3 is 10.1 Å². The number of thiocarbonyl (C=S) groups is 1. The molecule has 2 N–H and O–H groups in total. The normalized spacial score (nSPS) is 12.1. The molecular weight excluding hydrogens is 372 g/mol. The molecule has 3 rings (SSSR count). The van der Waals surface area contributed by atoms with Crippen LogP contribution in [0.5, 0.6) is 0 Å². The van der Waals surface area contributed by atoms with Crippen LogP contribution in [-0.2, 0) is 4.74 Å². The zero-order valence-electron chi connectivity index (χ0n) is 15.7. The molecular formula is C20H22N6OS. The van der Waals surface area contributed by atoms with E-state index in [1.807, 2.05) is 60.3 Å².